The van der Waals surface area contributed by atoms with Crippen molar-refractivity contribution in [3.05, 3.63) is 29.6 Å². The monoisotopic (exact) mass is 248 g/mol. The Labute approximate surface area is 108 Å². The number of benzene rings is 1. The summed E-state index contributed by atoms with van der Waals surface area (Å²) in [6.45, 7) is 5.53. The summed E-state index contributed by atoms with van der Waals surface area (Å²) in [4.78, 5) is 2.42. The summed E-state index contributed by atoms with van der Waals surface area (Å²) >= 11 is 0. The van der Waals surface area contributed by atoms with Crippen LogP contribution in [0.5, 0.6) is 0 Å². The second-order valence-corrected chi connectivity index (χ2v) is 5.81. The van der Waals surface area contributed by atoms with E-state index in [0.717, 1.165) is 31.5 Å². The van der Waals surface area contributed by atoms with E-state index >= 15 is 0 Å². The summed E-state index contributed by atoms with van der Waals surface area (Å²) in [5.41, 5.74) is 2.43. The second-order valence-electron chi connectivity index (χ2n) is 5.81. The molecule has 3 heteroatoms. The van der Waals surface area contributed by atoms with Crippen molar-refractivity contribution in [1.29, 1.82) is 0 Å². The van der Waals surface area contributed by atoms with Crippen LogP contribution in [0.15, 0.2) is 18.2 Å². The lowest BCUT2D eigenvalue weighted by molar-refractivity contribution is 0.308. The molecule has 0 amide bonds. The average Bonchev–Trinajstić information content (AvgIpc) is 2.70. The molecule has 0 bridgehead atoms. The molecular weight excluding hydrogens is 227 g/mol. The molecule has 0 aliphatic carbocycles. The predicted octanol–water partition coefficient (Wildman–Crippen LogP) is 2.72. The molecule has 98 valence electrons. The molecule has 0 aromatic heterocycles. The van der Waals surface area contributed by atoms with Crippen molar-refractivity contribution in [2.45, 2.75) is 51.2 Å². The Balaban J connectivity index is 1.85. The Morgan fingerprint density at radius 1 is 1.22 bits per heavy atom. The molecule has 1 N–H and O–H groups in total. The maximum atomic E-state index is 13.4. The molecule has 2 aliphatic rings. The largest absolute Gasteiger partial charge is 0.368 e. The molecular formula is C15H21FN2. The molecule has 2 atom stereocenters. The van der Waals surface area contributed by atoms with Gasteiger partial charge in [-0.05, 0) is 50.8 Å². The Hall–Kier alpha value is -1.09. The number of hydrogen-bond donors (Lipinski definition) is 1. The zero-order chi connectivity index (χ0) is 12.7. The Kier molecular flexibility index (Phi) is 3.02. The fourth-order valence-electron chi connectivity index (χ4n) is 3.55. The first-order chi connectivity index (χ1) is 8.63. The maximum absolute atomic E-state index is 13.4. The summed E-state index contributed by atoms with van der Waals surface area (Å²) < 4.78 is 13.4. The van der Waals surface area contributed by atoms with Crippen LogP contribution in [0.3, 0.4) is 0 Å². The Morgan fingerprint density at radius 2 is 1.94 bits per heavy atom. The van der Waals surface area contributed by atoms with E-state index < -0.39 is 0 Å². The van der Waals surface area contributed by atoms with Gasteiger partial charge in [-0.3, -0.25) is 0 Å². The number of piperidine rings is 1. The Bertz CT molecular complexity index is 436. The van der Waals surface area contributed by atoms with E-state index in [9.17, 15) is 4.39 Å². The van der Waals surface area contributed by atoms with Gasteiger partial charge in [0.2, 0.25) is 0 Å². The van der Waals surface area contributed by atoms with Crippen LogP contribution in [-0.2, 0) is 6.42 Å². The number of halogens is 1. The van der Waals surface area contributed by atoms with Crippen LogP contribution in [-0.4, -0.2) is 24.7 Å². The molecule has 2 aliphatic heterocycles. The van der Waals surface area contributed by atoms with Crippen LogP contribution in [0.4, 0.5) is 10.1 Å². The normalized spacial score (nSPS) is 31.5. The highest BCUT2D eigenvalue weighted by Gasteiger charge is 2.31. The molecule has 1 fully saturated rings. The molecule has 1 aromatic rings. The number of rotatable bonds is 1. The first-order valence-corrected chi connectivity index (χ1v) is 6.94. The third-order valence-electron chi connectivity index (χ3n) is 4.24. The molecule has 2 heterocycles. The van der Waals surface area contributed by atoms with Gasteiger partial charge in [0.25, 0.3) is 0 Å². The van der Waals surface area contributed by atoms with Crippen LogP contribution in [0, 0.1) is 5.82 Å². The minimum atomic E-state index is -0.115. The van der Waals surface area contributed by atoms with Gasteiger partial charge in [0.15, 0.2) is 0 Å². The van der Waals surface area contributed by atoms with Crippen molar-refractivity contribution in [1.82, 2.24) is 5.32 Å². The van der Waals surface area contributed by atoms with Crippen molar-refractivity contribution in [2.24, 2.45) is 0 Å². The van der Waals surface area contributed by atoms with Gasteiger partial charge < -0.3 is 10.2 Å². The van der Waals surface area contributed by atoms with Crippen molar-refractivity contribution >= 4 is 5.69 Å². The van der Waals surface area contributed by atoms with E-state index in [2.05, 4.69) is 24.1 Å². The third kappa shape index (κ3) is 2.12. The lowest BCUT2D eigenvalue weighted by Crippen LogP contribution is -2.50. The SMILES string of the molecule is CC1CC(N2CCc3ccc(F)cc32)CC(C)N1. The Morgan fingerprint density at radius 3 is 2.67 bits per heavy atom. The van der Waals surface area contributed by atoms with Gasteiger partial charge in [-0.25, -0.2) is 4.39 Å². The van der Waals surface area contributed by atoms with Gasteiger partial charge >= 0.3 is 0 Å². The minimum absolute atomic E-state index is 0.115. The third-order valence-corrected chi connectivity index (χ3v) is 4.24. The molecule has 2 nitrogen and oxygen atoms in total. The van der Waals surface area contributed by atoms with Crippen LogP contribution < -0.4 is 10.2 Å². The van der Waals surface area contributed by atoms with Gasteiger partial charge in [0, 0.05) is 30.4 Å². The summed E-state index contributed by atoms with van der Waals surface area (Å²) in [6, 6.07) is 6.89. The summed E-state index contributed by atoms with van der Waals surface area (Å²) in [5, 5.41) is 3.57. The molecule has 0 saturated carbocycles. The number of hydrogen-bond acceptors (Lipinski definition) is 2. The van der Waals surface area contributed by atoms with Crippen LogP contribution >= 0.6 is 0 Å². The number of nitrogens with one attached hydrogen (secondary N) is 1. The van der Waals surface area contributed by atoms with Crippen molar-refractivity contribution in [3.63, 3.8) is 0 Å². The minimum Gasteiger partial charge on any atom is -0.368 e. The summed E-state index contributed by atoms with van der Waals surface area (Å²) in [6.07, 6.45) is 3.36. The highest BCUT2D eigenvalue weighted by atomic mass is 19.1. The molecule has 3 rings (SSSR count). The second kappa shape index (κ2) is 4.54. The highest BCUT2D eigenvalue weighted by Crippen LogP contribution is 2.33. The predicted molar refractivity (Wildman–Crippen MR) is 72.5 cm³/mol. The lowest BCUT2D eigenvalue weighted by atomic mass is 9.94. The molecule has 0 spiro atoms. The quantitative estimate of drug-likeness (QED) is 0.822. The molecule has 2 unspecified atom stereocenters. The van der Waals surface area contributed by atoms with E-state index in [4.69, 9.17) is 0 Å². The van der Waals surface area contributed by atoms with E-state index in [0.29, 0.717) is 18.1 Å². The van der Waals surface area contributed by atoms with Crippen molar-refractivity contribution in [2.75, 3.05) is 11.4 Å². The first-order valence-electron chi connectivity index (χ1n) is 6.94. The van der Waals surface area contributed by atoms with E-state index in [-0.39, 0.29) is 5.82 Å². The maximum Gasteiger partial charge on any atom is 0.125 e. The molecule has 1 saturated heterocycles. The number of nitrogens with zero attached hydrogens (tertiary/aromatic N) is 1. The first kappa shape index (κ1) is 12.0. The molecule has 18 heavy (non-hydrogen) atoms. The topological polar surface area (TPSA) is 15.3 Å². The zero-order valence-electron chi connectivity index (χ0n) is 11.1. The van der Waals surface area contributed by atoms with E-state index in [1.165, 1.54) is 5.56 Å². The van der Waals surface area contributed by atoms with Crippen LogP contribution in [0.1, 0.15) is 32.3 Å². The smallest absolute Gasteiger partial charge is 0.125 e. The van der Waals surface area contributed by atoms with Gasteiger partial charge in [-0.15, -0.1) is 0 Å². The number of anilines is 1. The van der Waals surface area contributed by atoms with Crippen LogP contribution in [0.25, 0.3) is 0 Å². The van der Waals surface area contributed by atoms with Crippen LogP contribution in [0.2, 0.25) is 0 Å². The van der Waals surface area contributed by atoms with Crippen molar-refractivity contribution in [3.8, 4) is 0 Å². The average molecular weight is 248 g/mol. The molecule has 0 radical (unpaired) electrons. The standard InChI is InChI=1S/C15H21FN2/c1-10-7-14(8-11(2)17-10)18-6-5-12-3-4-13(16)9-15(12)18/h3-4,9-11,14,17H,5-8H2,1-2H3. The van der Waals surface area contributed by atoms with Gasteiger partial charge in [0.05, 0.1) is 0 Å². The summed E-state index contributed by atoms with van der Waals surface area (Å²) in [7, 11) is 0. The fraction of sp³-hybridized carbons (Fsp3) is 0.600. The highest BCUT2D eigenvalue weighted by molar-refractivity contribution is 5.59. The van der Waals surface area contributed by atoms with Gasteiger partial charge in [-0.2, -0.15) is 0 Å². The van der Waals surface area contributed by atoms with E-state index in [1.54, 1.807) is 12.1 Å². The van der Waals surface area contributed by atoms with Gasteiger partial charge in [-0.1, -0.05) is 6.07 Å². The number of fused-ring (bicyclic) bond motifs is 1. The zero-order valence-corrected chi connectivity index (χ0v) is 11.1. The lowest BCUT2D eigenvalue weighted by Gasteiger charge is -2.39. The molecule has 1 aromatic carbocycles. The van der Waals surface area contributed by atoms with Gasteiger partial charge in [0.1, 0.15) is 5.82 Å². The summed E-state index contributed by atoms with van der Waals surface area (Å²) in [5.74, 6) is -0.115. The fourth-order valence-corrected chi connectivity index (χ4v) is 3.55. The van der Waals surface area contributed by atoms with E-state index in [1.807, 2.05) is 6.07 Å². The van der Waals surface area contributed by atoms with Crippen molar-refractivity contribution < 1.29 is 4.39 Å².